The van der Waals surface area contributed by atoms with Crippen LogP contribution in [-0.4, -0.2) is 10.2 Å². The van der Waals surface area contributed by atoms with Crippen molar-refractivity contribution >= 4 is 23.5 Å². The smallest absolute Gasteiger partial charge is 0.141 e. The maximum Gasteiger partial charge on any atom is 0.141 e. The van der Waals surface area contributed by atoms with Gasteiger partial charge in [-0.2, -0.15) is 0 Å². The molecule has 0 radical (unpaired) electrons. The minimum atomic E-state index is 0.239. The van der Waals surface area contributed by atoms with E-state index in [-0.39, 0.29) is 11.5 Å². The van der Waals surface area contributed by atoms with Gasteiger partial charge >= 0.3 is 0 Å². The van der Waals surface area contributed by atoms with Crippen LogP contribution in [0.25, 0.3) is 0 Å². The zero-order chi connectivity index (χ0) is 20.1. The van der Waals surface area contributed by atoms with Gasteiger partial charge in [0.2, 0.25) is 0 Å². The average Bonchev–Trinajstić information content (AvgIpc) is 2.74. The van der Waals surface area contributed by atoms with E-state index in [0.29, 0.717) is 11.5 Å². The summed E-state index contributed by atoms with van der Waals surface area (Å²) in [5.41, 5.74) is 0. The van der Waals surface area contributed by atoms with Crippen LogP contribution in [0.2, 0.25) is 0 Å². The number of rotatable bonds is 6. The molecule has 4 aromatic carbocycles. The number of phenols is 2. The van der Waals surface area contributed by atoms with Crippen LogP contribution >= 0.6 is 23.5 Å². The van der Waals surface area contributed by atoms with Crippen LogP contribution in [0.5, 0.6) is 23.0 Å². The molecule has 5 heteroatoms. The summed E-state index contributed by atoms with van der Waals surface area (Å²) in [7, 11) is 0. The van der Waals surface area contributed by atoms with Crippen molar-refractivity contribution in [2.45, 2.75) is 19.6 Å². The Labute approximate surface area is 178 Å². The van der Waals surface area contributed by atoms with E-state index in [1.165, 1.54) is 23.5 Å². The van der Waals surface area contributed by atoms with Gasteiger partial charge in [0.25, 0.3) is 0 Å². The number of phenolic OH excluding ortho intramolecular Hbond substituents is 2. The first kappa shape index (κ1) is 19.3. The fourth-order valence-corrected chi connectivity index (χ4v) is 4.51. The summed E-state index contributed by atoms with van der Waals surface area (Å²) in [6.45, 7) is 0. The van der Waals surface area contributed by atoms with Crippen molar-refractivity contribution < 1.29 is 14.9 Å². The van der Waals surface area contributed by atoms with Crippen molar-refractivity contribution in [3.63, 3.8) is 0 Å². The number of hydrogen-bond donors (Lipinski definition) is 2. The predicted molar refractivity (Wildman–Crippen MR) is 117 cm³/mol. The number of benzene rings is 4. The third kappa shape index (κ3) is 4.70. The molecule has 0 atom stereocenters. The topological polar surface area (TPSA) is 49.7 Å². The largest absolute Gasteiger partial charge is 0.507 e. The zero-order valence-electron chi connectivity index (χ0n) is 15.4. The number of para-hydroxylation sites is 4. The van der Waals surface area contributed by atoms with Crippen LogP contribution in [-0.2, 0) is 0 Å². The lowest BCUT2D eigenvalue weighted by atomic mass is 10.3. The molecule has 0 aliphatic carbocycles. The molecule has 0 unspecified atom stereocenters. The summed E-state index contributed by atoms with van der Waals surface area (Å²) in [5, 5.41) is 20.2. The lowest BCUT2D eigenvalue weighted by Gasteiger charge is -2.14. The van der Waals surface area contributed by atoms with Gasteiger partial charge in [0, 0.05) is 0 Å². The Hall–Kier alpha value is -3.02. The first-order valence-corrected chi connectivity index (χ1v) is 10.6. The van der Waals surface area contributed by atoms with Gasteiger partial charge in [-0.1, -0.05) is 72.1 Å². The summed E-state index contributed by atoms with van der Waals surface area (Å²) in [6, 6.07) is 29.9. The van der Waals surface area contributed by atoms with Crippen molar-refractivity contribution in [1.29, 1.82) is 0 Å². The Morgan fingerprint density at radius 2 is 0.793 bits per heavy atom. The van der Waals surface area contributed by atoms with E-state index in [2.05, 4.69) is 0 Å². The Morgan fingerprint density at radius 3 is 1.21 bits per heavy atom. The molecule has 3 nitrogen and oxygen atoms in total. The average molecular weight is 419 g/mol. The van der Waals surface area contributed by atoms with Gasteiger partial charge in [0.05, 0.1) is 19.6 Å². The fraction of sp³-hybridized carbons (Fsp3) is 0. The maximum atomic E-state index is 10.1. The second-order valence-electron chi connectivity index (χ2n) is 6.14. The number of aromatic hydroxyl groups is 2. The zero-order valence-corrected chi connectivity index (χ0v) is 17.0. The van der Waals surface area contributed by atoms with Crippen LogP contribution in [0.15, 0.2) is 117 Å². The van der Waals surface area contributed by atoms with Crippen molar-refractivity contribution in [3.05, 3.63) is 97.1 Å². The molecule has 0 bridgehead atoms. The van der Waals surface area contributed by atoms with Crippen LogP contribution < -0.4 is 4.74 Å². The van der Waals surface area contributed by atoms with E-state index in [1.807, 2.05) is 72.8 Å². The van der Waals surface area contributed by atoms with Gasteiger partial charge in [0.15, 0.2) is 0 Å². The highest BCUT2D eigenvalue weighted by molar-refractivity contribution is 7.99. The third-order valence-electron chi connectivity index (χ3n) is 4.09. The van der Waals surface area contributed by atoms with Crippen LogP contribution in [0.3, 0.4) is 0 Å². The Balaban J connectivity index is 1.62. The van der Waals surface area contributed by atoms with Crippen molar-refractivity contribution in [1.82, 2.24) is 0 Å². The number of ether oxygens (including phenoxy) is 1. The lowest BCUT2D eigenvalue weighted by molar-refractivity contribution is 0.457. The highest BCUT2D eigenvalue weighted by atomic mass is 32.2. The van der Waals surface area contributed by atoms with Gasteiger partial charge in [-0.25, -0.2) is 0 Å². The first-order valence-electron chi connectivity index (χ1n) is 8.98. The maximum absolute atomic E-state index is 10.1. The molecule has 0 fully saturated rings. The predicted octanol–water partition coefficient (Wildman–Crippen LogP) is 7.19. The van der Waals surface area contributed by atoms with E-state index in [0.717, 1.165) is 19.6 Å². The van der Waals surface area contributed by atoms with E-state index in [4.69, 9.17) is 4.74 Å². The molecule has 0 aromatic heterocycles. The normalized spacial score (nSPS) is 10.6. The van der Waals surface area contributed by atoms with Gasteiger partial charge < -0.3 is 14.9 Å². The molecule has 4 rings (SSSR count). The highest BCUT2D eigenvalue weighted by Crippen LogP contribution is 2.43. The van der Waals surface area contributed by atoms with Gasteiger partial charge in [-0.05, 0) is 48.5 Å². The molecular formula is C24H18O3S2. The lowest BCUT2D eigenvalue weighted by Crippen LogP contribution is -1.89. The van der Waals surface area contributed by atoms with Crippen molar-refractivity contribution in [2.75, 3.05) is 0 Å². The minimum Gasteiger partial charge on any atom is -0.507 e. The molecule has 0 amide bonds. The molecule has 0 spiro atoms. The highest BCUT2D eigenvalue weighted by Gasteiger charge is 2.12. The van der Waals surface area contributed by atoms with Gasteiger partial charge in [0.1, 0.15) is 23.0 Å². The monoisotopic (exact) mass is 418 g/mol. The van der Waals surface area contributed by atoms with Crippen LogP contribution in [0.1, 0.15) is 0 Å². The Kier molecular flexibility index (Phi) is 5.98. The van der Waals surface area contributed by atoms with Gasteiger partial charge in [-0.3, -0.25) is 0 Å². The Bertz CT molecular complexity index is 1040. The van der Waals surface area contributed by atoms with E-state index in [1.54, 1.807) is 24.3 Å². The van der Waals surface area contributed by atoms with E-state index >= 15 is 0 Å². The molecule has 4 aromatic rings. The molecule has 0 saturated carbocycles. The van der Waals surface area contributed by atoms with Crippen LogP contribution in [0.4, 0.5) is 0 Å². The molecular weight excluding hydrogens is 400 g/mol. The van der Waals surface area contributed by atoms with Crippen molar-refractivity contribution in [2.24, 2.45) is 0 Å². The fourth-order valence-electron chi connectivity index (χ4n) is 2.68. The second kappa shape index (κ2) is 8.99. The standard InChI is InChI=1S/C24H18O3S2/c25-17-9-1-5-13-21(17)28-23-15-7-3-11-19(23)27-20-12-4-8-16-24(20)29-22-14-6-2-10-18(22)26/h1-16,25-26H. The number of hydrogen-bond acceptors (Lipinski definition) is 5. The summed E-state index contributed by atoms with van der Waals surface area (Å²) in [6.07, 6.45) is 0. The quantitative estimate of drug-likeness (QED) is 0.347. The summed E-state index contributed by atoms with van der Waals surface area (Å²) < 4.78 is 6.26. The summed E-state index contributed by atoms with van der Waals surface area (Å²) in [4.78, 5) is 3.33. The summed E-state index contributed by atoms with van der Waals surface area (Å²) >= 11 is 2.90. The molecule has 29 heavy (non-hydrogen) atoms. The first-order chi connectivity index (χ1) is 14.2. The van der Waals surface area contributed by atoms with Crippen molar-refractivity contribution in [3.8, 4) is 23.0 Å². The molecule has 0 saturated heterocycles. The second-order valence-corrected chi connectivity index (χ2v) is 8.30. The SMILES string of the molecule is Oc1ccccc1Sc1ccccc1Oc1ccccc1Sc1ccccc1O. The van der Waals surface area contributed by atoms with E-state index in [9.17, 15) is 10.2 Å². The van der Waals surface area contributed by atoms with Gasteiger partial charge in [-0.15, -0.1) is 0 Å². The minimum absolute atomic E-state index is 0.239. The molecule has 144 valence electrons. The molecule has 0 heterocycles. The third-order valence-corrected chi connectivity index (χ3v) is 6.33. The molecule has 0 aliphatic rings. The Morgan fingerprint density at radius 1 is 0.448 bits per heavy atom. The molecule has 0 aliphatic heterocycles. The van der Waals surface area contributed by atoms with E-state index < -0.39 is 0 Å². The van der Waals surface area contributed by atoms with Crippen LogP contribution in [0, 0.1) is 0 Å². The summed E-state index contributed by atoms with van der Waals surface area (Å²) in [5.74, 6) is 1.88. The molecule has 2 N–H and O–H groups in total.